The summed E-state index contributed by atoms with van der Waals surface area (Å²) in [6.45, 7) is 3.55. The molecule has 1 aromatic heterocycles. The van der Waals surface area contributed by atoms with Gasteiger partial charge in [0.1, 0.15) is 11.5 Å². The third-order valence-electron chi connectivity index (χ3n) is 2.62. The molecule has 0 atom stereocenters. The quantitative estimate of drug-likeness (QED) is 0.627. The molecule has 19 heavy (non-hydrogen) atoms. The van der Waals surface area contributed by atoms with E-state index in [1.807, 2.05) is 0 Å². The number of aromatic nitrogens is 1. The average Bonchev–Trinajstić information content (AvgIpc) is 2.65. The van der Waals surface area contributed by atoms with Gasteiger partial charge in [-0.05, 0) is 48.0 Å². The SMILES string of the molecule is Cc1noc(C)c1CC(=O)Oc1ccc(Cl)cc1Br. The Morgan fingerprint density at radius 3 is 2.79 bits per heavy atom. The summed E-state index contributed by atoms with van der Waals surface area (Å²) in [7, 11) is 0. The molecule has 0 saturated heterocycles. The van der Waals surface area contributed by atoms with Gasteiger partial charge in [-0.3, -0.25) is 4.79 Å². The molecule has 1 aromatic carbocycles. The van der Waals surface area contributed by atoms with E-state index in [4.69, 9.17) is 20.9 Å². The van der Waals surface area contributed by atoms with Crippen molar-refractivity contribution in [2.75, 3.05) is 0 Å². The molecule has 2 aromatic rings. The fourth-order valence-corrected chi connectivity index (χ4v) is 2.38. The van der Waals surface area contributed by atoms with Crippen molar-refractivity contribution in [2.45, 2.75) is 20.3 Å². The third-order valence-corrected chi connectivity index (χ3v) is 3.47. The number of carbonyl (C=O) groups excluding carboxylic acids is 1. The molecular formula is C13H11BrClNO3. The summed E-state index contributed by atoms with van der Waals surface area (Å²) in [6, 6.07) is 4.96. The van der Waals surface area contributed by atoms with E-state index in [0.717, 1.165) is 5.56 Å². The zero-order valence-electron chi connectivity index (χ0n) is 10.4. The zero-order valence-corrected chi connectivity index (χ0v) is 12.7. The van der Waals surface area contributed by atoms with Crippen LogP contribution in [0.1, 0.15) is 17.0 Å². The molecule has 6 heteroatoms. The molecule has 0 unspecified atom stereocenters. The summed E-state index contributed by atoms with van der Waals surface area (Å²) in [4.78, 5) is 11.9. The van der Waals surface area contributed by atoms with Crippen LogP contribution in [0.15, 0.2) is 27.2 Å². The highest BCUT2D eigenvalue weighted by atomic mass is 79.9. The molecule has 0 aliphatic heterocycles. The van der Waals surface area contributed by atoms with Crippen LogP contribution in [0, 0.1) is 13.8 Å². The van der Waals surface area contributed by atoms with E-state index in [1.165, 1.54) is 0 Å². The average molecular weight is 345 g/mol. The lowest BCUT2D eigenvalue weighted by atomic mass is 10.1. The minimum absolute atomic E-state index is 0.121. The summed E-state index contributed by atoms with van der Waals surface area (Å²) >= 11 is 9.11. The normalized spacial score (nSPS) is 10.5. The van der Waals surface area contributed by atoms with E-state index >= 15 is 0 Å². The van der Waals surface area contributed by atoms with Gasteiger partial charge >= 0.3 is 5.97 Å². The maximum Gasteiger partial charge on any atom is 0.315 e. The van der Waals surface area contributed by atoms with Gasteiger partial charge in [0.2, 0.25) is 0 Å². The number of benzene rings is 1. The Morgan fingerprint density at radius 1 is 1.47 bits per heavy atom. The molecule has 0 aliphatic carbocycles. The van der Waals surface area contributed by atoms with Gasteiger partial charge in [-0.15, -0.1) is 0 Å². The van der Waals surface area contributed by atoms with E-state index < -0.39 is 0 Å². The Kier molecular flexibility index (Phi) is 4.27. The summed E-state index contributed by atoms with van der Waals surface area (Å²) in [5, 5.41) is 4.36. The minimum atomic E-state index is -0.377. The number of halogens is 2. The number of carbonyl (C=O) groups is 1. The van der Waals surface area contributed by atoms with Crippen molar-refractivity contribution in [1.29, 1.82) is 0 Å². The molecular weight excluding hydrogens is 334 g/mol. The maximum atomic E-state index is 11.9. The molecule has 0 N–H and O–H groups in total. The predicted octanol–water partition coefficient (Wildman–Crippen LogP) is 3.86. The molecule has 0 spiro atoms. The standard InChI is InChI=1S/C13H11BrClNO3/c1-7-10(8(2)19-16-7)6-13(17)18-12-4-3-9(15)5-11(12)14/h3-5H,6H2,1-2H3. The van der Waals surface area contributed by atoms with Crippen molar-refractivity contribution < 1.29 is 14.1 Å². The fraction of sp³-hybridized carbons (Fsp3) is 0.231. The van der Waals surface area contributed by atoms with Crippen LogP contribution in [0.2, 0.25) is 5.02 Å². The lowest BCUT2D eigenvalue weighted by Gasteiger charge is -2.06. The van der Waals surface area contributed by atoms with Gasteiger partial charge < -0.3 is 9.26 Å². The van der Waals surface area contributed by atoms with Crippen molar-refractivity contribution >= 4 is 33.5 Å². The Bertz CT molecular complexity index is 605. The number of nitrogens with zero attached hydrogens (tertiary/aromatic N) is 1. The Morgan fingerprint density at radius 2 is 2.21 bits per heavy atom. The first-order valence-corrected chi connectivity index (χ1v) is 6.72. The van der Waals surface area contributed by atoms with Gasteiger partial charge in [-0.1, -0.05) is 16.8 Å². The van der Waals surface area contributed by atoms with Gasteiger partial charge in [-0.25, -0.2) is 0 Å². The van der Waals surface area contributed by atoms with Gasteiger partial charge in [0.25, 0.3) is 0 Å². The lowest BCUT2D eigenvalue weighted by molar-refractivity contribution is -0.133. The van der Waals surface area contributed by atoms with Crippen molar-refractivity contribution in [3.8, 4) is 5.75 Å². The Hall–Kier alpha value is -1.33. The molecule has 0 amide bonds. The molecule has 2 rings (SSSR count). The van der Waals surface area contributed by atoms with Crippen LogP contribution in [0.4, 0.5) is 0 Å². The van der Waals surface area contributed by atoms with Crippen LogP contribution in [0.5, 0.6) is 5.75 Å². The van der Waals surface area contributed by atoms with E-state index in [1.54, 1.807) is 32.0 Å². The number of ether oxygens (including phenoxy) is 1. The molecule has 1 heterocycles. The van der Waals surface area contributed by atoms with E-state index in [-0.39, 0.29) is 12.4 Å². The largest absolute Gasteiger partial charge is 0.425 e. The fourth-order valence-electron chi connectivity index (χ4n) is 1.62. The predicted molar refractivity (Wildman–Crippen MR) is 74.5 cm³/mol. The monoisotopic (exact) mass is 343 g/mol. The third kappa shape index (κ3) is 3.36. The van der Waals surface area contributed by atoms with Gasteiger partial charge in [0.05, 0.1) is 16.6 Å². The van der Waals surface area contributed by atoms with Crippen molar-refractivity contribution in [3.63, 3.8) is 0 Å². The van der Waals surface area contributed by atoms with E-state index in [0.29, 0.717) is 26.7 Å². The topological polar surface area (TPSA) is 52.3 Å². The highest BCUT2D eigenvalue weighted by molar-refractivity contribution is 9.10. The number of esters is 1. The maximum absolute atomic E-state index is 11.9. The van der Waals surface area contributed by atoms with Crippen LogP contribution < -0.4 is 4.74 Å². The lowest BCUT2D eigenvalue weighted by Crippen LogP contribution is -2.12. The molecule has 100 valence electrons. The molecule has 0 bridgehead atoms. The van der Waals surface area contributed by atoms with E-state index in [9.17, 15) is 4.79 Å². The Balaban J connectivity index is 2.10. The molecule has 0 aliphatic rings. The molecule has 0 fully saturated rings. The van der Waals surface area contributed by atoms with Crippen LogP contribution in [0.25, 0.3) is 0 Å². The van der Waals surface area contributed by atoms with Crippen LogP contribution >= 0.6 is 27.5 Å². The van der Waals surface area contributed by atoms with Crippen molar-refractivity contribution in [2.24, 2.45) is 0 Å². The second kappa shape index (κ2) is 5.75. The summed E-state index contributed by atoms with van der Waals surface area (Å²) < 4.78 is 10.9. The second-order valence-corrected chi connectivity index (χ2v) is 5.32. The number of aryl methyl sites for hydroxylation is 2. The zero-order chi connectivity index (χ0) is 14.0. The Labute approximate surface area is 123 Å². The molecule has 4 nitrogen and oxygen atoms in total. The van der Waals surface area contributed by atoms with Crippen LogP contribution in [-0.4, -0.2) is 11.1 Å². The van der Waals surface area contributed by atoms with Crippen LogP contribution in [0.3, 0.4) is 0 Å². The smallest absolute Gasteiger partial charge is 0.315 e. The van der Waals surface area contributed by atoms with Crippen molar-refractivity contribution in [1.82, 2.24) is 5.16 Å². The molecule has 0 radical (unpaired) electrons. The molecule has 0 saturated carbocycles. The van der Waals surface area contributed by atoms with E-state index in [2.05, 4.69) is 21.1 Å². The van der Waals surface area contributed by atoms with Gasteiger partial charge in [0.15, 0.2) is 0 Å². The number of hydrogen-bond donors (Lipinski definition) is 0. The highest BCUT2D eigenvalue weighted by Gasteiger charge is 2.16. The number of hydrogen-bond acceptors (Lipinski definition) is 4. The summed E-state index contributed by atoms with van der Waals surface area (Å²) in [6.07, 6.45) is 0.121. The van der Waals surface area contributed by atoms with Gasteiger partial charge in [-0.2, -0.15) is 0 Å². The summed E-state index contributed by atoms with van der Waals surface area (Å²) in [5.74, 6) is 0.684. The minimum Gasteiger partial charge on any atom is -0.425 e. The first kappa shape index (κ1) is 14.1. The second-order valence-electron chi connectivity index (χ2n) is 4.03. The first-order valence-electron chi connectivity index (χ1n) is 5.55. The van der Waals surface area contributed by atoms with Crippen molar-refractivity contribution in [3.05, 3.63) is 44.7 Å². The van der Waals surface area contributed by atoms with Gasteiger partial charge in [0, 0.05) is 10.6 Å². The number of rotatable bonds is 3. The highest BCUT2D eigenvalue weighted by Crippen LogP contribution is 2.28. The van der Waals surface area contributed by atoms with Crippen LogP contribution in [-0.2, 0) is 11.2 Å². The first-order chi connectivity index (χ1) is 8.97. The summed E-state index contributed by atoms with van der Waals surface area (Å²) in [5.41, 5.74) is 1.46.